The number of ether oxygens (including phenoxy) is 1. The fraction of sp³-hybridized carbons (Fsp3) is 0.412. The lowest BCUT2D eigenvalue weighted by molar-refractivity contribution is -0.121. The van der Waals surface area contributed by atoms with Crippen LogP contribution in [0.4, 0.5) is 5.69 Å². The second-order valence-corrected chi connectivity index (χ2v) is 5.07. The number of hydrogen-bond donors (Lipinski definition) is 2. The van der Waals surface area contributed by atoms with E-state index < -0.39 is 12.2 Å². The number of benzene rings is 1. The maximum absolute atomic E-state index is 11.8. The van der Waals surface area contributed by atoms with E-state index in [0.29, 0.717) is 30.7 Å². The van der Waals surface area contributed by atoms with Crippen molar-refractivity contribution in [1.82, 2.24) is 0 Å². The van der Waals surface area contributed by atoms with Crippen LogP contribution in [0.15, 0.2) is 36.9 Å². The molecule has 0 saturated heterocycles. The number of nitrogens with one attached hydrogen (secondary N) is 1. The van der Waals surface area contributed by atoms with Gasteiger partial charge in [-0.1, -0.05) is 13.5 Å². The quantitative estimate of drug-likeness (QED) is 0.688. The molecule has 5 heteroatoms. The third-order valence-corrected chi connectivity index (χ3v) is 3.10. The second-order valence-electron chi connectivity index (χ2n) is 5.07. The zero-order chi connectivity index (χ0) is 16.5. The Morgan fingerprint density at radius 3 is 2.45 bits per heavy atom. The number of amides is 1. The number of anilines is 1. The van der Waals surface area contributed by atoms with Gasteiger partial charge in [-0.15, -0.1) is 0 Å². The van der Waals surface area contributed by atoms with E-state index in [9.17, 15) is 14.7 Å². The van der Waals surface area contributed by atoms with Gasteiger partial charge in [-0.25, -0.2) is 0 Å². The Labute approximate surface area is 131 Å². The Kier molecular flexibility index (Phi) is 7.32. The van der Waals surface area contributed by atoms with Crippen molar-refractivity contribution < 1.29 is 19.4 Å². The number of carbonyl (C=O) groups is 2. The normalized spacial score (nSPS) is 13.0. The van der Waals surface area contributed by atoms with Gasteiger partial charge in [0, 0.05) is 12.1 Å². The van der Waals surface area contributed by atoms with Crippen molar-refractivity contribution in [1.29, 1.82) is 0 Å². The number of rotatable bonds is 9. The van der Waals surface area contributed by atoms with E-state index >= 15 is 0 Å². The van der Waals surface area contributed by atoms with E-state index in [0.717, 1.165) is 0 Å². The molecule has 0 aliphatic heterocycles. The highest BCUT2D eigenvalue weighted by Gasteiger charge is 2.18. The fourth-order valence-corrected chi connectivity index (χ4v) is 1.81. The summed E-state index contributed by atoms with van der Waals surface area (Å²) in [5.74, 6) is 0.245. The molecular weight excluding hydrogens is 282 g/mol. The van der Waals surface area contributed by atoms with Crippen LogP contribution in [-0.4, -0.2) is 29.0 Å². The standard InChI is InChI=1S/C17H23NO4/c1-4-15(20)16(11-6-12(3)19)22-14-9-7-13(8-10-14)18-17(21)5-2/h4,7-10,12,16,19H,1,5-6,11H2,2-3H3,(H,18,21)/t12-,16?/m1/s1. The molecule has 2 N–H and O–H groups in total. The van der Waals surface area contributed by atoms with E-state index in [1.807, 2.05) is 0 Å². The largest absolute Gasteiger partial charge is 0.482 e. The first-order valence-corrected chi connectivity index (χ1v) is 7.37. The minimum absolute atomic E-state index is 0.0645. The van der Waals surface area contributed by atoms with Gasteiger partial charge >= 0.3 is 0 Å². The highest BCUT2D eigenvalue weighted by molar-refractivity contribution is 5.93. The molecule has 0 aliphatic rings. The summed E-state index contributed by atoms with van der Waals surface area (Å²) < 4.78 is 5.66. The predicted molar refractivity (Wildman–Crippen MR) is 85.9 cm³/mol. The molecule has 0 fully saturated rings. The Bertz CT molecular complexity index is 508. The summed E-state index contributed by atoms with van der Waals surface area (Å²) in [6.45, 7) is 6.91. The topological polar surface area (TPSA) is 75.6 Å². The molecule has 0 spiro atoms. The van der Waals surface area contributed by atoms with E-state index in [1.54, 1.807) is 38.1 Å². The van der Waals surface area contributed by atoms with Crippen LogP contribution in [0.2, 0.25) is 0 Å². The van der Waals surface area contributed by atoms with Gasteiger partial charge < -0.3 is 15.2 Å². The fourth-order valence-electron chi connectivity index (χ4n) is 1.81. The highest BCUT2D eigenvalue weighted by Crippen LogP contribution is 2.19. The van der Waals surface area contributed by atoms with Crippen LogP contribution in [0.25, 0.3) is 0 Å². The van der Waals surface area contributed by atoms with E-state index in [2.05, 4.69) is 11.9 Å². The average Bonchev–Trinajstić information content (AvgIpc) is 2.51. The van der Waals surface area contributed by atoms with Crippen LogP contribution < -0.4 is 10.1 Å². The number of aliphatic hydroxyl groups is 1. The van der Waals surface area contributed by atoms with Crippen molar-refractivity contribution in [3.63, 3.8) is 0 Å². The molecule has 1 aromatic rings. The minimum atomic E-state index is -0.664. The summed E-state index contributed by atoms with van der Waals surface area (Å²) in [4.78, 5) is 23.1. The molecule has 1 amide bonds. The molecule has 120 valence electrons. The van der Waals surface area contributed by atoms with Crippen LogP contribution in [0.3, 0.4) is 0 Å². The summed E-state index contributed by atoms with van der Waals surface area (Å²) in [7, 11) is 0. The van der Waals surface area contributed by atoms with Crippen molar-refractivity contribution >= 4 is 17.4 Å². The third-order valence-electron chi connectivity index (χ3n) is 3.10. The molecule has 0 aromatic heterocycles. The van der Waals surface area contributed by atoms with Crippen LogP contribution in [0.1, 0.15) is 33.1 Å². The predicted octanol–water partition coefficient (Wildman–Crippen LogP) is 2.70. The lowest BCUT2D eigenvalue weighted by Crippen LogP contribution is -2.27. The maximum Gasteiger partial charge on any atom is 0.224 e. The van der Waals surface area contributed by atoms with Gasteiger partial charge in [0.1, 0.15) is 5.75 Å². The molecule has 1 unspecified atom stereocenters. The van der Waals surface area contributed by atoms with Gasteiger partial charge in [-0.05, 0) is 50.1 Å². The van der Waals surface area contributed by atoms with Gasteiger partial charge in [0.25, 0.3) is 0 Å². The first kappa shape index (κ1) is 17.9. The Hall–Kier alpha value is -2.14. The Morgan fingerprint density at radius 2 is 1.95 bits per heavy atom. The van der Waals surface area contributed by atoms with E-state index in [1.165, 1.54) is 6.08 Å². The van der Waals surface area contributed by atoms with Crippen LogP contribution in [0, 0.1) is 0 Å². The molecule has 0 radical (unpaired) electrons. The van der Waals surface area contributed by atoms with Gasteiger partial charge in [0.2, 0.25) is 5.91 Å². The summed E-state index contributed by atoms with van der Waals surface area (Å²) in [6, 6.07) is 6.81. The SMILES string of the molecule is C=CC(=O)C(CC[C@@H](C)O)Oc1ccc(NC(=O)CC)cc1. The molecule has 0 aliphatic carbocycles. The minimum Gasteiger partial charge on any atom is -0.482 e. The molecule has 2 atom stereocenters. The van der Waals surface area contributed by atoms with Crippen LogP contribution in [0.5, 0.6) is 5.75 Å². The number of carbonyl (C=O) groups excluding carboxylic acids is 2. The molecule has 0 heterocycles. The van der Waals surface area contributed by atoms with Gasteiger partial charge in [0.05, 0.1) is 6.10 Å². The van der Waals surface area contributed by atoms with Crippen LogP contribution >= 0.6 is 0 Å². The molecule has 22 heavy (non-hydrogen) atoms. The summed E-state index contributed by atoms with van der Waals surface area (Å²) in [5, 5.41) is 12.1. The first-order chi connectivity index (χ1) is 10.5. The van der Waals surface area contributed by atoms with E-state index in [-0.39, 0.29) is 11.7 Å². The Morgan fingerprint density at radius 1 is 1.32 bits per heavy atom. The molecule has 0 bridgehead atoms. The average molecular weight is 305 g/mol. The zero-order valence-corrected chi connectivity index (χ0v) is 13.0. The van der Waals surface area contributed by atoms with Crippen molar-refractivity contribution in [3.05, 3.63) is 36.9 Å². The molecule has 5 nitrogen and oxygen atoms in total. The van der Waals surface area contributed by atoms with Crippen molar-refractivity contribution in [2.45, 2.75) is 45.3 Å². The van der Waals surface area contributed by atoms with Crippen molar-refractivity contribution in [2.75, 3.05) is 5.32 Å². The van der Waals surface area contributed by atoms with Crippen molar-refractivity contribution in [2.24, 2.45) is 0 Å². The van der Waals surface area contributed by atoms with Crippen molar-refractivity contribution in [3.8, 4) is 5.75 Å². The molecular formula is C17H23NO4. The molecule has 1 aromatic carbocycles. The monoisotopic (exact) mass is 305 g/mol. The summed E-state index contributed by atoms with van der Waals surface area (Å²) >= 11 is 0. The first-order valence-electron chi connectivity index (χ1n) is 7.37. The maximum atomic E-state index is 11.8. The lowest BCUT2D eigenvalue weighted by Gasteiger charge is -2.17. The number of hydrogen-bond acceptors (Lipinski definition) is 4. The number of aliphatic hydroxyl groups excluding tert-OH is 1. The second kappa shape index (κ2) is 9.00. The third kappa shape index (κ3) is 6.10. The summed E-state index contributed by atoms with van der Waals surface area (Å²) in [6.07, 6.45) is 1.36. The van der Waals surface area contributed by atoms with Gasteiger partial charge in [0.15, 0.2) is 11.9 Å². The molecule has 1 rings (SSSR count). The van der Waals surface area contributed by atoms with Gasteiger partial charge in [-0.3, -0.25) is 9.59 Å². The zero-order valence-electron chi connectivity index (χ0n) is 13.0. The van der Waals surface area contributed by atoms with E-state index in [4.69, 9.17) is 4.74 Å². The van der Waals surface area contributed by atoms with Crippen LogP contribution in [-0.2, 0) is 9.59 Å². The molecule has 0 saturated carbocycles. The highest BCUT2D eigenvalue weighted by atomic mass is 16.5. The number of ketones is 1. The lowest BCUT2D eigenvalue weighted by atomic mass is 10.1. The summed E-state index contributed by atoms with van der Waals surface area (Å²) in [5.41, 5.74) is 0.676. The Balaban J connectivity index is 2.70. The smallest absolute Gasteiger partial charge is 0.224 e. The van der Waals surface area contributed by atoms with Gasteiger partial charge in [-0.2, -0.15) is 0 Å².